The highest BCUT2D eigenvalue weighted by atomic mass is 35.5. The van der Waals surface area contributed by atoms with Crippen LogP contribution in [-0.2, 0) is 9.53 Å². The number of halogens is 1. The van der Waals surface area contributed by atoms with Crippen molar-refractivity contribution < 1.29 is 9.53 Å². The standard InChI is InChI=1S/C11H20ClNO2/c1-9-8-15-10(2)7-13(9)11(14)5-3-4-6-12/h9-10H,3-8H2,1-2H3. The van der Waals surface area contributed by atoms with E-state index in [-0.39, 0.29) is 18.1 Å². The third-order valence-electron chi connectivity index (χ3n) is 2.70. The molecule has 0 N–H and O–H groups in total. The molecule has 0 spiro atoms. The Bertz CT molecular complexity index is 211. The second kappa shape index (κ2) is 6.33. The van der Waals surface area contributed by atoms with E-state index in [2.05, 4.69) is 0 Å². The molecule has 88 valence electrons. The molecular weight excluding hydrogens is 214 g/mol. The minimum Gasteiger partial charge on any atom is -0.375 e. The molecule has 0 aromatic carbocycles. The summed E-state index contributed by atoms with van der Waals surface area (Å²) in [5, 5.41) is 0. The quantitative estimate of drug-likeness (QED) is 0.549. The van der Waals surface area contributed by atoms with E-state index in [1.807, 2.05) is 18.7 Å². The van der Waals surface area contributed by atoms with Gasteiger partial charge in [-0.05, 0) is 26.7 Å². The van der Waals surface area contributed by atoms with Crippen molar-refractivity contribution in [2.75, 3.05) is 19.0 Å². The van der Waals surface area contributed by atoms with Crippen LogP contribution >= 0.6 is 11.6 Å². The maximum absolute atomic E-state index is 11.9. The molecule has 1 aliphatic heterocycles. The van der Waals surface area contributed by atoms with Gasteiger partial charge in [0.25, 0.3) is 0 Å². The average Bonchev–Trinajstić information content (AvgIpc) is 2.22. The van der Waals surface area contributed by atoms with Crippen LogP contribution in [0.2, 0.25) is 0 Å². The summed E-state index contributed by atoms with van der Waals surface area (Å²) in [4.78, 5) is 13.8. The molecule has 1 heterocycles. The summed E-state index contributed by atoms with van der Waals surface area (Å²) in [6.45, 7) is 5.42. The molecule has 0 saturated carbocycles. The van der Waals surface area contributed by atoms with Crippen LogP contribution in [0.25, 0.3) is 0 Å². The van der Waals surface area contributed by atoms with Crippen molar-refractivity contribution in [3.05, 3.63) is 0 Å². The van der Waals surface area contributed by atoms with Gasteiger partial charge in [-0.2, -0.15) is 0 Å². The van der Waals surface area contributed by atoms with Crippen molar-refractivity contribution in [2.24, 2.45) is 0 Å². The lowest BCUT2D eigenvalue weighted by atomic mass is 10.1. The number of nitrogens with zero attached hydrogens (tertiary/aromatic N) is 1. The monoisotopic (exact) mass is 233 g/mol. The number of amides is 1. The van der Waals surface area contributed by atoms with Gasteiger partial charge < -0.3 is 9.64 Å². The van der Waals surface area contributed by atoms with Crippen molar-refractivity contribution in [3.63, 3.8) is 0 Å². The maximum Gasteiger partial charge on any atom is 0.222 e. The maximum atomic E-state index is 11.9. The number of hydrogen-bond acceptors (Lipinski definition) is 2. The van der Waals surface area contributed by atoms with Crippen molar-refractivity contribution >= 4 is 17.5 Å². The molecule has 1 aliphatic rings. The normalized spacial score (nSPS) is 26.7. The summed E-state index contributed by atoms with van der Waals surface area (Å²) >= 11 is 5.58. The fourth-order valence-corrected chi connectivity index (χ4v) is 1.95. The second-order valence-electron chi connectivity index (χ2n) is 4.19. The van der Waals surface area contributed by atoms with E-state index in [9.17, 15) is 4.79 Å². The van der Waals surface area contributed by atoms with E-state index < -0.39 is 0 Å². The molecule has 1 saturated heterocycles. The van der Waals surface area contributed by atoms with Gasteiger partial charge in [0, 0.05) is 18.8 Å². The summed E-state index contributed by atoms with van der Waals surface area (Å²) in [5.41, 5.74) is 0. The first kappa shape index (κ1) is 12.8. The zero-order valence-electron chi connectivity index (χ0n) is 9.54. The summed E-state index contributed by atoms with van der Waals surface area (Å²) in [7, 11) is 0. The van der Waals surface area contributed by atoms with Crippen LogP contribution in [-0.4, -0.2) is 42.0 Å². The molecule has 0 bridgehead atoms. The van der Waals surface area contributed by atoms with Crippen LogP contribution in [0.3, 0.4) is 0 Å². The van der Waals surface area contributed by atoms with Gasteiger partial charge in [-0.1, -0.05) is 0 Å². The van der Waals surface area contributed by atoms with Gasteiger partial charge in [0.15, 0.2) is 0 Å². The average molecular weight is 234 g/mol. The Morgan fingerprint density at radius 3 is 2.87 bits per heavy atom. The second-order valence-corrected chi connectivity index (χ2v) is 4.56. The Morgan fingerprint density at radius 1 is 1.47 bits per heavy atom. The van der Waals surface area contributed by atoms with Crippen LogP contribution in [0.15, 0.2) is 0 Å². The number of hydrogen-bond donors (Lipinski definition) is 0. The SMILES string of the molecule is CC1CN(C(=O)CCCCCl)C(C)CO1. The zero-order chi connectivity index (χ0) is 11.3. The molecule has 0 aromatic rings. The topological polar surface area (TPSA) is 29.5 Å². The number of carbonyl (C=O) groups excluding carboxylic acids is 1. The highest BCUT2D eigenvalue weighted by molar-refractivity contribution is 6.17. The molecule has 1 rings (SSSR count). The molecule has 1 fully saturated rings. The first-order chi connectivity index (χ1) is 7.15. The Balaban J connectivity index is 2.35. The lowest BCUT2D eigenvalue weighted by Gasteiger charge is -2.36. The van der Waals surface area contributed by atoms with Crippen LogP contribution in [0.1, 0.15) is 33.1 Å². The van der Waals surface area contributed by atoms with Crippen LogP contribution in [0.4, 0.5) is 0 Å². The first-order valence-corrected chi connectivity index (χ1v) is 6.15. The minimum absolute atomic E-state index is 0.165. The first-order valence-electron chi connectivity index (χ1n) is 5.62. The number of alkyl halides is 1. The highest BCUT2D eigenvalue weighted by Crippen LogP contribution is 2.13. The van der Waals surface area contributed by atoms with E-state index in [1.165, 1.54) is 0 Å². The van der Waals surface area contributed by atoms with Gasteiger partial charge in [0.05, 0.1) is 18.8 Å². The van der Waals surface area contributed by atoms with Crippen molar-refractivity contribution in [1.29, 1.82) is 0 Å². The van der Waals surface area contributed by atoms with Gasteiger partial charge in [0.1, 0.15) is 0 Å². The van der Waals surface area contributed by atoms with Crippen LogP contribution < -0.4 is 0 Å². The number of rotatable bonds is 4. The number of morpholine rings is 1. The molecule has 3 nitrogen and oxygen atoms in total. The van der Waals surface area contributed by atoms with E-state index in [1.54, 1.807) is 0 Å². The van der Waals surface area contributed by atoms with Crippen molar-refractivity contribution in [3.8, 4) is 0 Å². The van der Waals surface area contributed by atoms with Gasteiger partial charge in [0.2, 0.25) is 5.91 Å². The summed E-state index contributed by atoms with van der Waals surface area (Å²) in [5.74, 6) is 0.880. The molecule has 2 unspecified atom stereocenters. The number of carbonyl (C=O) groups is 1. The largest absolute Gasteiger partial charge is 0.375 e. The number of ether oxygens (including phenoxy) is 1. The Hall–Kier alpha value is -0.280. The van der Waals surface area contributed by atoms with E-state index in [0.717, 1.165) is 19.4 Å². The highest BCUT2D eigenvalue weighted by Gasteiger charge is 2.26. The fraction of sp³-hybridized carbons (Fsp3) is 0.909. The van der Waals surface area contributed by atoms with Gasteiger partial charge in [-0.3, -0.25) is 4.79 Å². The molecule has 1 amide bonds. The van der Waals surface area contributed by atoms with Gasteiger partial charge in [-0.15, -0.1) is 11.6 Å². The Labute approximate surface area is 96.7 Å². The van der Waals surface area contributed by atoms with Crippen molar-refractivity contribution in [1.82, 2.24) is 4.90 Å². The third-order valence-corrected chi connectivity index (χ3v) is 2.97. The zero-order valence-corrected chi connectivity index (χ0v) is 10.3. The molecule has 4 heteroatoms. The Kier molecular flexibility index (Phi) is 5.40. The Morgan fingerprint density at radius 2 is 2.20 bits per heavy atom. The van der Waals surface area contributed by atoms with E-state index in [4.69, 9.17) is 16.3 Å². The van der Waals surface area contributed by atoms with E-state index in [0.29, 0.717) is 18.9 Å². The van der Waals surface area contributed by atoms with Gasteiger partial charge in [-0.25, -0.2) is 0 Å². The molecule has 0 radical (unpaired) electrons. The third kappa shape index (κ3) is 3.99. The molecule has 2 atom stereocenters. The van der Waals surface area contributed by atoms with Crippen molar-refractivity contribution in [2.45, 2.75) is 45.3 Å². The molecular formula is C11H20ClNO2. The van der Waals surface area contributed by atoms with Crippen LogP contribution in [0.5, 0.6) is 0 Å². The lowest BCUT2D eigenvalue weighted by molar-refractivity contribution is -0.143. The smallest absolute Gasteiger partial charge is 0.222 e. The minimum atomic E-state index is 0.165. The lowest BCUT2D eigenvalue weighted by Crippen LogP contribution is -2.50. The predicted octanol–water partition coefficient (Wildman–Crippen LogP) is 2.03. The van der Waals surface area contributed by atoms with E-state index >= 15 is 0 Å². The van der Waals surface area contributed by atoms with Crippen LogP contribution in [0, 0.1) is 0 Å². The molecule has 0 aromatic heterocycles. The summed E-state index contributed by atoms with van der Waals surface area (Å²) < 4.78 is 5.48. The summed E-state index contributed by atoms with van der Waals surface area (Å²) in [6.07, 6.45) is 2.59. The molecule has 15 heavy (non-hydrogen) atoms. The van der Waals surface area contributed by atoms with Gasteiger partial charge >= 0.3 is 0 Å². The number of unbranched alkanes of at least 4 members (excludes halogenated alkanes) is 1. The summed E-state index contributed by atoms with van der Waals surface area (Å²) in [6, 6.07) is 0.213. The molecule has 0 aliphatic carbocycles. The predicted molar refractivity (Wildman–Crippen MR) is 61.2 cm³/mol. The fourth-order valence-electron chi connectivity index (χ4n) is 1.77.